The van der Waals surface area contributed by atoms with Crippen LogP contribution in [0.2, 0.25) is 5.02 Å². The highest BCUT2D eigenvalue weighted by Crippen LogP contribution is 2.28. The number of hydrogen-bond acceptors (Lipinski definition) is 2. The van der Waals surface area contributed by atoms with E-state index in [4.69, 9.17) is 17.4 Å². The molecular weight excluding hydrogens is 300 g/mol. The topological polar surface area (TPSA) is 38.0 Å². The minimum atomic E-state index is -0.0539. The van der Waals surface area contributed by atoms with Crippen LogP contribution in [0.4, 0.5) is 0 Å². The van der Waals surface area contributed by atoms with E-state index < -0.39 is 0 Å². The van der Waals surface area contributed by atoms with Gasteiger partial charge in [-0.25, -0.2) is 5.43 Å². The second-order valence-electron chi connectivity index (χ2n) is 3.68. The minimum Gasteiger partial charge on any atom is -0.271 e. The molecule has 0 radical (unpaired) electrons. The molecule has 0 heterocycles. The number of hydrogen-bond donors (Lipinski definition) is 2. The summed E-state index contributed by atoms with van der Waals surface area (Å²) in [5.74, 6) is 5.62. The largest absolute Gasteiger partial charge is 0.271 e. The molecule has 17 heavy (non-hydrogen) atoms. The van der Waals surface area contributed by atoms with Crippen molar-refractivity contribution >= 4 is 27.5 Å². The molecule has 0 saturated carbocycles. The number of benzene rings is 2. The average Bonchev–Trinajstić information content (AvgIpc) is 2.36. The summed E-state index contributed by atoms with van der Waals surface area (Å²) in [6.07, 6.45) is 0. The molecule has 0 aliphatic carbocycles. The summed E-state index contributed by atoms with van der Waals surface area (Å²) in [5, 5.41) is 0.679. The van der Waals surface area contributed by atoms with Gasteiger partial charge in [0, 0.05) is 4.47 Å². The molecule has 0 amide bonds. The molecule has 1 atom stereocenters. The van der Waals surface area contributed by atoms with Crippen LogP contribution in [0.25, 0.3) is 0 Å². The predicted octanol–water partition coefficient (Wildman–Crippen LogP) is 3.66. The Morgan fingerprint density at radius 3 is 2.35 bits per heavy atom. The van der Waals surface area contributed by atoms with Gasteiger partial charge in [-0.15, -0.1) is 0 Å². The van der Waals surface area contributed by atoms with Gasteiger partial charge in [0.05, 0.1) is 11.1 Å². The molecule has 1 unspecified atom stereocenters. The Hall–Kier alpha value is -0.870. The van der Waals surface area contributed by atoms with E-state index in [9.17, 15) is 0 Å². The highest BCUT2D eigenvalue weighted by molar-refractivity contribution is 9.10. The van der Waals surface area contributed by atoms with E-state index in [0.717, 1.165) is 15.6 Å². The van der Waals surface area contributed by atoms with E-state index in [0.29, 0.717) is 5.02 Å². The van der Waals surface area contributed by atoms with Crippen LogP contribution in [0.5, 0.6) is 0 Å². The number of nitrogens with one attached hydrogen (secondary N) is 1. The van der Waals surface area contributed by atoms with Gasteiger partial charge in [0.1, 0.15) is 0 Å². The first-order valence-corrected chi connectivity index (χ1v) is 6.35. The van der Waals surface area contributed by atoms with Gasteiger partial charge in [-0.05, 0) is 39.2 Å². The predicted molar refractivity (Wildman–Crippen MR) is 74.8 cm³/mol. The zero-order chi connectivity index (χ0) is 12.3. The Labute approximate surface area is 114 Å². The standard InChI is InChI=1S/C13H12BrClN2/c14-11-7-6-10(8-12(11)15)13(17-16)9-4-2-1-3-5-9/h1-8,13,17H,16H2. The van der Waals surface area contributed by atoms with E-state index in [1.165, 1.54) is 0 Å². The lowest BCUT2D eigenvalue weighted by atomic mass is 9.99. The van der Waals surface area contributed by atoms with Crippen LogP contribution in [-0.4, -0.2) is 0 Å². The molecule has 88 valence electrons. The fourth-order valence-corrected chi connectivity index (χ4v) is 2.16. The molecule has 3 N–H and O–H groups in total. The number of rotatable bonds is 3. The van der Waals surface area contributed by atoms with Gasteiger partial charge in [-0.1, -0.05) is 48.0 Å². The average molecular weight is 312 g/mol. The van der Waals surface area contributed by atoms with Gasteiger partial charge in [0.2, 0.25) is 0 Å². The summed E-state index contributed by atoms with van der Waals surface area (Å²) < 4.78 is 0.881. The van der Waals surface area contributed by atoms with Gasteiger partial charge in [-0.3, -0.25) is 5.84 Å². The molecule has 0 aliphatic rings. The third-order valence-corrected chi connectivity index (χ3v) is 3.81. The van der Waals surface area contributed by atoms with E-state index >= 15 is 0 Å². The SMILES string of the molecule is NNC(c1ccccc1)c1ccc(Br)c(Cl)c1. The van der Waals surface area contributed by atoms with Crippen LogP contribution < -0.4 is 11.3 Å². The zero-order valence-electron chi connectivity index (χ0n) is 9.03. The van der Waals surface area contributed by atoms with Crippen molar-refractivity contribution in [3.63, 3.8) is 0 Å². The van der Waals surface area contributed by atoms with Gasteiger partial charge in [0.25, 0.3) is 0 Å². The molecule has 0 aromatic heterocycles. The number of nitrogens with two attached hydrogens (primary N) is 1. The summed E-state index contributed by atoms with van der Waals surface area (Å²) in [6.45, 7) is 0. The molecule has 2 aromatic rings. The highest BCUT2D eigenvalue weighted by Gasteiger charge is 2.12. The van der Waals surface area contributed by atoms with Crippen molar-refractivity contribution in [3.8, 4) is 0 Å². The Morgan fingerprint density at radius 1 is 1.06 bits per heavy atom. The summed E-state index contributed by atoms with van der Waals surface area (Å²) in [7, 11) is 0. The van der Waals surface area contributed by atoms with Crippen molar-refractivity contribution in [2.45, 2.75) is 6.04 Å². The summed E-state index contributed by atoms with van der Waals surface area (Å²) >= 11 is 9.46. The third-order valence-electron chi connectivity index (χ3n) is 2.58. The Kier molecular flexibility index (Phi) is 4.18. The summed E-state index contributed by atoms with van der Waals surface area (Å²) in [5.41, 5.74) is 4.95. The quantitative estimate of drug-likeness (QED) is 0.670. The summed E-state index contributed by atoms with van der Waals surface area (Å²) in [6, 6.07) is 15.8. The first-order valence-electron chi connectivity index (χ1n) is 5.18. The molecule has 2 rings (SSSR count). The third kappa shape index (κ3) is 2.87. The van der Waals surface area contributed by atoms with Crippen LogP contribution in [0.3, 0.4) is 0 Å². The molecule has 0 aliphatic heterocycles. The maximum atomic E-state index is 6.09. The second-order valence-corrected chi connectivity index (χ2v) is 4.95. The van der Waals surface area contributed by atoms with E-state index in [2.05, 4.69) is 21.4 Å². The number of halogens is 2. The monoisotopic (exact) mass is 310 g/mol. The van der Waals surface area contributed by atoms with Crippen LogP contribution in [-0.2, 0) is 0 Å². The first kappa shape index (κ1) is 12.6. The maximum Gasteiger partial charge on any atom is 0.0710 e. The lowest BCUT2D eigenvalue weighted by Gasteiger charge is -2.17. The van der Waals surface area contributed by atoms with E-state index in [1.54, 1.807) is 0 Å². The fraction of sp³-hybridized carbons (Fsp3) is 0.0769. The molecule has 0 saturated heterocycles. The van der Waals surface area contributed by atoms with Gasteiger partial charge in [-0.2, -0.15) is 0 Å². The lowest BCUT2D eigenvalue weighted by Crippen LogP contribution is -2.28. The molecule has 4 heteroatoms. The Bertz CT molecular complexity index is 502. The second kappa shape index (κ2) is 5.65. The van der Waals surface area contributed by atoms with Crippen LogP contribution in [0.1, 0.15) is 17.2 Å². The van der Waals surface area contributed by atoms with Crippen molar-refractivity contribution < 1.29 is 0 Å². The van der Waals surface area contributed by atoms with E-state index in [1.807, 2.05) is 48.5 Å². The minimum absolute atomic E-state index is 0.0539. The Morgan fingerprint density at radius 2 is 1.76 bits per heavy atom. The smallest absolute Gasteiger partial charge is 0.0710 e. The highest BCUT2D eigenvalue weighted by atomic mass is 79.9. The van der Waals surface area contributed by atoms with Gasteiger partial charge in [0.15, 0.2) is 0 Å². The molecule has 0 bridgehead atoms. The lowest BCUT2D eigenvalue weighted by molar-refractivity contribution is 0.637. The van der Waals surface area contributed by atoms with Crippen molar-refractivity contribution in [1.29, 1.82) is 0 Å². The van der Waals surface area contributed by atoms with Gasteiger partial charge >= 0.3 is 0 Å². The molecule has 0 spiro atoms. The molecule has 0 fully saturated rings. The zero-order valence-corrected chi connectivity index (χ0v) is 11.4. The van der Waals surface area contributed by atoms with Crippen molar-refractivity contribution in [1.82, 2.24) is 5.43 Å². The molecule has 2 aromatic carbocycles. The fourth-order valence-electron chi connectivity index (χ4n) is 1.72. The first-order chi connectivity index (χ1) is 8.22. The van der Waals surface area contributed by atoms with Gasteiger partial charge < -0.3 is 0 Å². The normalized spacial score (nSPS) is 12.4. The van der Waals surface area contributed by atoms with Crippen molar-refractivity contribution in [2.24, 2.45) is 5.84 Å². The van der Waals surface area contributed by atoms with Crippen LogP contribution >= 0.6 is 27.5 Å². The van der Waals surface area contributed by atoms with Crippen molar-refractivity contribution in [3.05, 3.63) is 69.2 Å². The summed E-state index contributed by atoms with van der Waals surface area (Å²) in [4.78, 5) is 0. The maximum absolute atomic E-state index is 6.09. The van der Waals surface area contributed by atoms with Crippen molar-refractivity contribution in [2.75, 3.05) is 0 Å². The van der Waals surface area contributed by atoms with Crippen LogP contribution in [0.15, 0.2) is 53.0 Å². The van der Waals surface area contributed by atoms with Crippen LogP contribution in [0, 0.1) is 0 Å². The number of hydrazine groups is 1. The Balaban J connectivity index is 2.39. The molecular formula is C13H12BrClN2. The van der Waals surface area contributed by atoms with E-state index in [-0.39, 0.29) is 6.04 Å². The molecule has 2 nitrogen and oxygen atoms in total.